The van der Waals surface area contributed by atoms with Gasteiger partial charge >= 0.3 is 0 Å². The summed E-state index contributed by atoms with van der Waals surface area (Å²) < 4.78 is 5.88. The molecule has 0 aromatic heterocycles. The minimum absolute atomic E-state index is 0.0735. The van der Waals surface area contributed by atoms with E-state index < -0.39 is 0 Å². The smallest absolute Gasteiger partial charge is 0.0598 e. The molecule has 1 unspecified atom stereocenters. The summed E-state index contributed by atoms with van der Waals surface area (Å²) in [6.07, 6.45) is 1.02. The normalized spacial score (nSPS) is 13.7. The van der Waals surface area contributed by atoms with Crippen LogP contribution in [0.3, 0.4) is 0 Å². The first-order valence-corrected chi connectivity index (χ1v) is 8.26. The fourth-order valence-electron chi connectivity index (χ4n) is 2.18. The molecule has 0 spiro atoms. The van der Waals surface area contributed by atoms with Gasteiger partial charge in [-0.05, 0) is 63.3 Å². The molecule has 0 amide bonds. The SMILES string of the molecule is CC(C)CNCC(CCOC(C)(C)C)c1ccc(Cl)cc1. The second-order valence-electron chi connectivity index (χ2n) is 7.05. The lowest BCUT2D eigenvalue weighted by Gasteiger charge is -2.23. The second kappa shape index (κ2) is 8.77. The third kappa shape index (κ3) is 8.45. The molecule has 1 atom stereocenters. The first-order chi connectivity index (χ1) is 9.78. The van der Waals surface area contributed by atoms with Gasteiger partial charge in [0.2, 0.25) is 0 Å². The summed E-state index contributed by atoms with van der Waals surface area (Å²) in [7, 11) is 0. The summed E-state index contributed by atoms with van der Waals surface area (Å²) in [6.45, 7) is 13.6. The molecule has 1 N–H and O–H groups in total. The first-order valence-electron chi connectivity index (χ1n) is 7.88. The topological polar surface area (TPSA) is 21.3 Å². The van der Waals surface area contributed by atoms with Gasteiger partial charge in [0.25, 0.3) is 0 Å². The van der Waals surface area contributed by atoms with E-state index in [-0.39, 0.29) is 5.60 Å². The van der Waals surface area contributed by atoms with Crippen molar-refractivity contribution in [1.29, 1.82) is 0 Å². The van der Waals surface area contributed by atoms with Crippen LogP contribution in [0.15, 0.2) is 24.3 Å². The van der Waals surface area contributed by atoms with Crippen LogP contribution in [0.25, 0.3) is 0 Å². The Kier molecular flexibility index (Phi) is 7.72. The van der Waals surface area contributed by atoms with Crippen LogP contribution >= 0.6 is 11.6 Å². The molecule has 1 aromatic rings. The van der Waals surface area contributed by atoms with E-state index in [4.69, 9.17) is 16.3 Å². The van der Waals surface area contributed by atoms with Crippen LogP contribution in [0.1, 0.15) is 52.5 Å². The highest BCUT2D eigenvalue weighted by molar-refractivity contribution is 6.30. The zero-order chi connectivity index (χ0) is 15.9. The lowest BCUT2D eigenvalue weighted by atomic mass is 9.95. The quantitative estimate of drug-likeness (QED) is 0.739. The van der Waals surface area contributed by atoms with Crippen molar-refractivity contribution in [1.82, 2.24) is 5.32 Å². The van der Waals surface area contributed by atoms with Crippen molar-refractivity contribution >= 4 is 11.6 Å². The minimum atomic E-state index is -0.0735. The monoisotopic (exact) mass is 311 g/mol. The van der Waals surface area contributed by atoms with Gasteiger partial charge in [0.1, 0.15) is 0 Å². The van der Waals surface area contributed by atoms with E-state index in [1.54, 1.807) is 0 Å². The van der Waals surface area contributed by atoms with Crippen molar-refractivity contribution in [3.63, 3.8) is 0 Å². The van der Waals surface area contributed by atoms with Crippen LogP contribution in [-0.2, 0) is 4.74 Å². The molecule has 0 saturated carbocycles. The molecule has 0 radical (unpaired) electrons. The highest BCUT2D eigenvalue weighted by atomic mass is 35.5. The average molecular weight is 312 g/mol. The van der Waals surface area contributed by atoms with Gasteiger partial charge in [0, 0.05) is 18.2 Å². The summed E-state index contributed by atoms with van der Waals surface area (Å²) in [5.41, 5.74) is 1.25. The van der Waals surface area contributed by atoms with Crippen LogP contribution in [0.5, 0.6) is 0 Å². The Morgan fingerprint density at radius 1 is 1.10 bits per heavy atom. The van der Waals surface area contributed by atoms with Crippen molar-refractivity contribution in [2.75, 3.05) is 19.7 Å². The van der Waals surface area contributed by atoms with Gasteiger partial charge in [0.15, 0.2) is 0 Å². The van der Waals surface area contributed by atoms with Crippen LogP contribution in [0.2, 0.25) is 5.02 Å². The number of hydrogen-bond acceptors (Lipinski definition) is 2. The number of halogens is 1. The van der Waals surface area contributed by atoms with Crippen LogP contribution < -0.4 is 5.32 Å². The maximum atomic E-state index is 5.99. The Labute approximate surface area is 135 Å². The third-order valence-electron chi connectivity index (χ3n) is 3.29. The first kappa shape index (κ1) is 18.5. The molecule has 2 nitrogen and oxygen atoms in total. The summed E-state index contributed by atoms with van der Waals surface area (Å²) in [5.74, 6) is 1.13. The number of nitrogens with one attached hydrogen (secondary N) is 1. The van der Waals surface area contributed by atoms with Gasteiger partial charge in [0.05, 0.1) is 5.60 Å². The Hall–Kier alpha value is -0.570. The van der Waals surface area contributed by atoms with Crippen molar-refractivity contribution in [3.05, 3.63) is 34.9 Å². The molecular weight excluding hydrogens is 282 g/mol. The maximum absolute atomic E-state index is 5.99. The van der Waals surface area contributed by atoms with Gasteiger partial charge in [-0.15, -0.1) is 0 Å². The molecule has 0 aliphatic heterocycles. The summed E-state index contributed by atoms with van der Waals surface area (Å²) in [5, 5.41) is 4.35. The molecule has 1 aromatic carbocycles. The molecule has 21 heavy (non-hydrogen) atoms. The van der Waals surface area contributed by atoms with Gasteiger partial charge < -0.3 is 10.1 Å². The molecule has 0 bridgehead atoms. The van der Waals surface area contributed by atoms with E-state index in [1.165, 1.54) is 5.56 Å². The summed E-state index contributed by atoms with van der Waals surface area (Å²) >= 11 is 5.99. The average Bonchev–Trinajstić information content (AvgIpc) is 2.36. The molecule has 0 saturated heterocycles. The van der Waals surface area contributed by atoms with E-state index in [2.05, 4.69) is 52.1 Å². The van der Waals surface area contributed by atoms with Gasteiger partial charge in [-0.3, -0.25) is 0 Å². The fourth-order valence-corrected chi connectivity index (χ4v) is 2.30. The lowest BCUT2D eigenvalue weighted by molar-refractivity contribution is -0.00624. The predicted octanol–water partition coefficient (Wildman–Crippen LogP) is 4.87. The van der Waals surface area contributed by atoms with Crippen molar-refractivity contribution in [2.24, 2.45) is 5.92 Å². The van der Waals surface area contributed by atoms with E-state index in [0.717, 1.165) is 31.1 Å². The van der Waals surface area contributed by atoms with E-state index in [0.29, 0.717) is 11.8 Å². The Bertz CT molecular complexity index is 395. The van der Waals surface area contributed by atoms with Crippen LogP contribution in [0.4, 0.5) is 0 Å². The molecule has 120 valence electrons. The largest absolute Gasteiger partial charge is 0.376 e. The fraction of sp³-hybridized carbons (Fsp3) is 0.667. The van der Waals surface area contributed by atoms with Crippen molar-refractivity contribution < 1.29 is 4.74 Å². The highest BCUT2D eigenvalue weighted by Gasteiger charge is 2.15. The number of rotatable bonds is 8. The third-order valence-corrected chi connectivity index (χ3v) is 3.54. The Balaban J connectivity index is 2.59. The van der Waals surface area contributed by atoms with Crippen LogP contribution in [-0.4, -0.2) is 25.3 Å². The van der Waals surface area contributed by atoms with Gasteiger partial charge in [-0.2, -0.15) is 0 Å². The maximum Gasteiger partial charge on any atom is 0.0598 e. The predicted molar refractivity (Wildman–Crippen MR) is 92.2 cm³/mol. The zero-order valence-corrected chi connectivity index (χ0v) is 14.8. The highest BCUT2D eigenvalue weighted by Crippen LogP contribution is 2.22. The second-order valence-corrected chi connectivity index (χ2v) is 7.49. The van der Waals surface area contributed by atoms with Gasteiger partial charge in [-0.1, -0.05) is 37.6 Å². The molecule has 0 heterocycles. The van der Waals surface area contributed by atoms with Crippen LogP contribution in [0, 0.1) is 5.92 Å². The molecule has 0 fully saturated rings. The molecule has 0 aliphatic rings. The summed E-state index contributed by atoms with van der Waals surface area (Å²) in [6, 6.07) is 8.19. The zero-order valence-electron chi connectivity index (χ0n) is 14.1. The molecule has 0 aliphatic carbocycles. The number of benzene rings is 1. The van der Waals surface area contributed by atoms with Gasteiger partial charge in [-0.25, -0.2) is 0 Å². The molecule has 1 rings (SSSR count). The minimum Gasteiger partial charge on any atom is -0.376 e. The Morgan fingerprint density at radius 3 is 2.24 bits per heavy atom. The van der Waals surface area contributed by atoms with Crippen molar-refractivity contribution in [3.8, 4) is 0 Å². The summed E-state index contributed by atoms with van der Waals surface area (Å²) in [4.78, 5) is 0. The van der Waals surface area contributed by atoms with E-state index >= 15 is 0 Å². The number of ether oxygens (including phenoxy) is 1. The van der Waals surface area contributed by atoms with Crippen molar-refractivity contribution in [2.45, 2.75) is 52.6 Å². The lowest BCUT2D eigenvalue weighted by Crippen LogP contribution is -2.27. The van der Waals surface area contributed by atoms with E-state index in [9.17, 15) is 0 Å². The molecular formula is C18H30ClNO. The Morgan fingerprint density at radius 2 is 1.71 bits per heavy atom. The number of hydrogen-bond donors (Lipinski definition) is 1. The molecule has 3 heteroatoms. The van der Waals surface area contributed by atoms with E-state index in [1.807, 2.05) is 12.1 Å². The standard InChI is InChI=1S/C18H30ClNO/c1-14(2)12-20-13-16(10-11-21-18(3,4)5)15-6-8-17(19)9-7-15/h6-9,14,16,20H,10-13H2,1-5H3.